The highest BCUT2D eigenvalue weighted by Gasteiger charge is 2.55. The Morgan fingerprint density at radius 1 is 1.40 bits per heavy atom. The Hall–Kier alpha value is -1.33. The summed E-state index contributed by atoms with van der Waals surface area (Å²) in [4.78, 5) is 0. The number of fused-ring (bicyclic) bond motifs is 3. The van der Waals surface area contributed by atoms with Crippen molar-refractivity contribution in [3.8, 4) is 6.07 Å². The van der Waals surface area contributed by atoms with E-state index in [1.807, 2.05) is 12.1 Å². The fourth-order valence-corrected chi connectivity index (χ4v) is 3.14. The van der Waals surface area contributed by atoms with E-state index in [9.17, 15) is 5.11 Å². The minimum absolute atomic E-state index is 0.0106. The third-order valence-corrected chi connectivity index (χ3v) is 3.94. The molecule has 1 saturated carbocycles. The van der Waals surface area contributed by atoms with Crippen molar-refractivity contribution in [2.24, 2.45) is 5.92 Å². The molecular weight excluding hydrogens is 186 g/mol. The van der Waals surface area contributed by atoms with Gasteiger partial charge in [0.05, 0.1) is 17.6 Å². The topological polar surface area (TPSA) is 44.0 Å². The molecule has 0 amide bonds. The zero-order valence-electron chi connectivity index (χ0n) is 8.48. The maximum absolute atomic E-state index is 10.3. The summed E-state index contributed by atoms with van der Waals surface area (Å²) >= 11 is 0. The molecule has 76 valence electrons. The number of nitrogens with zero attached hydrogens (tertiary/aromatic N) is 1. The first-order valence-corrected chi connectivity index (χ1v) is 5.44. The van der Waals surface area contributed by atoms with Crippen molar-refractivity contribution in [3.63, 3.8) is 0 Å². The summed E-state index contributed by atoms with van der Waals surface area (Å²) < 4.78 is 0. The van der Waals surface area contributed by atoms with Crippen molar-refractivity contribution >= 4 is 0 Å². The fourth-order valence-electron chi connectivity index (χ4n) is 3.14. The van der Waals surface area contributed by atoms with E-state index >= 15 is 0 Å². The van der Waals surface area contributed by atoms with Gasteiger partial charge in [0, 0.05) is 5.92 Å². The van der Waals surface area contributed by atoms with Crippen molar-refractivity contribution in [3.05, 3.63) is 35.4 Å². The maximum atomic E-state index is 10.3. The van der Waals surface area contributed by atoms with E-state index < -0.39 is 5.60 Å². The minimum Gasteiger partial charge on any atom is -0.389 e. The van der Waals surface area contributed by atoms with Crippen LogP contribution in [-0.2, 0) is 6.42 Å². The number of benzene rings is 1. The number of aryl methyl sites for hydroxylation is 1. The van der Waals surface area contributed by atoms with Crippen LogP contribution in [0.1, 0.15) is 29.9 Å². The molecule has 15 heavy (non-hydrogen) atoms. The molecule has 2 nitrogen and oxygen atoms in total. The van der Waals surface area contributed by atoms with E-state index in [0.717, 1.165) is 12.8 Å². The zero-order valence-corrected chi connectivity index (χ0v) is 8.48. The van der Waals surface area contributed by atoms with Gasteiger partial charge in [-0.25, -0.2) is 0 Å². The number of nitriles is 1. The van der Waals surface area contributed by atoms with Gasteiger partial charge in [-0.3, -0.25) is 0 Å². The maximum Gasteiger partial charge on any atom is 0.0744 e. The predicted octanol–water partition coefficient (Wildman–Crippen LogP) is 1.99. The molecule has 0 spiro atoms. The molecule has 1 N–H and O–H groups in total. The molecule has 1 fully saturated rings. The van der Waals surface area contributed by atoms with Gasteiger partial charge in [0.1, 0.15) is 0 Å². The lowest BCUT2D eigenvalue weighted by Crippen LogP contribution is -2.54. The first kappa shape index (κ1) is 8.94. The second-order valence-corrected chi connectivity index (χ2v) is 4.72. The van der Waals surface area contributed by atoms with Gasteiger partial charge in [0.2, 0.25) is 0 Å². The van der Waals surface area contributed by atoms with E-state index in [1.54, 1.807) is 0 Å². The van der Waals surface area contributed by atoms with Gasteiger partial charge in [0.25, 0.3) is 0 Å². The van der Waals surface area contributed by atoms with Crippen LogP contribution in [0.4, 0.5) is 0 Å². The van der Waals surface area contributed by atoms with Gasteiger partial charge in [-0.1, -0.05) is 24.3 Å². The third kappa shape index (κ3) is 1.07. The van der Waals surface area contributed by atoms with Crippen LogP contribution in [0.25, 0.3) is 0 Å². The van der Waals surface area contributed by atoms with Crippen molar-refractivity contribution < 1.29 is 5.11 Å². The van der Waals surface area contributed by atoms with Crippen LogP contribution in [-0.4, -0.2) is 10.7 Å². The van der Waals surface area contributed by atoms with Crippen molar-refractivity contribution in [1.29, 1.82) is 5.26 Å². The van der Waals surface area contributed by atoms with Crippen molar-refractivity contribution in [1.82, 2.24) is 0 Å². The molecule has 0 saturated heterocycles. The SMILES string of the molecule is N#C[C@@H]1C[C@]2(O)CCc3ccccc3[C@H]12. The summed E-state index contributed by atoms with van der Waals surface area (Å²) in [5, 5.41) is 19.3. The zero-order chi connectivity index (χ0) is 10.5. The molecule has 0 aromatic heterocycles. The Bertz CT molecular complexity index is 448. The van der Waals surface area contributed by atoms with Crippen LogP contribution in [0.3, 0.4) is 0 Å². The largest absolute Gasteiger partial charge is 0.389 e. The first-order valence-electron chi connectivity index (χ1n) is 5.44. The van der Waals surface area contributed by atoms with Crippen LogP contribution in [0.5, 0.6) is 0 Å². The quantitative estimate of drug-likeness (QED) is 0.694. The van der Waals surface area contributed by atoms with Crippen LogP contribution >= 0.6 is 0 Å². The van der Waals surface area contributed by atoms with Crippen molar-refractivity contribution in [2.45, 2.75) is 30.8 Å². The molecule has 0 heterocycles. The lowest BCUT2D eigenvalue weighted by molar-refractivity contribution is -0.0944. The highest BCUT2D eigenvalue weighted by molar-refractivity contribution is 5.40. The molecule has 0 radical (unpaired) electrons. The summed E-state index contributed by atoms with van der Waals surface area (Å²) in [6, 6.07) is 10.5. The Kier molecular flexibility index (Phi) is 1.69. The Balaban J connectivity index is 2.08. The van der Waals surface area contributed by atoms with Crippen molar-refractivity contribution in [2.75, 3.05) is 0 Å². The van der Waals surface area contributed by atoms with Crippen LogP contribution in [0, 0.1) is 17.2 Å². The number of rotatable bonds is 0. The second-order valence-electron chi connectivity index (χ2n) is 4.72. The number of hydrogen-bond acceptors (Lipinski definition) is 2. The lowest BCUT2D eigenvalue weighted by Gasteiger charge is -2.52. The van der Waals surface area contributed by atoms with Gasteiger partial charge >= 0.3 is 0 Å². The Morgan fingerprint density at radius 3 is 3.00 bits per heavy atom. The lowest BCUT2D eigenvalue weighted by atomic mass is 9.54. The molecule has 1 aromatic rings. The molecule has 0 aliphatic heterocycles. The molecule has 0 unspecified atom stereocenters. The molecule has 3 atom stereocenters. The van der Waals surface area contributed by atoms with E-state index in [0.29, 0.717) is 6.42 Å². The average molecular weight is 199 g/mol. The van der Waals surface area contributed by atoms with Gasteiger partial charge in [-0.05, 0) is 30.4 Å². The Morgan fingerprint density at radius 2 is 2.20 bits per heavy atom. The van der Waals surface area contributed by atoms with E-state index in [1.165, 1.54) is 11.1 Å². The summed E-state index contributed by atoms with van der Waals surface area (Å²) in [6.07, 6.45) is 2.41. The summed E-state index contributed by atoms with van der Waals surface area (Å²) in [6.45, 7) is 0. The monoisotopic (exact) mass is 199 g/mol. The van der Waals surface area contributed by atoms with Crippen LogP contribution < -0.4 is 0 Å². The van der Waals surface area contributed by atoms with Gasteiger partial charge in [-0.15, -0.1) is 0 Å². The molecular formula is C13H13NO. The molecule has 2 aliphatic rings. The van der Waals surface area contributed by atoms with Gasteiger partial charge < -0.3 is 5.11 Å². The minimum atomic E-state index is -0.589. The normalized spacial score (nSPS) is 37.1. The van der Waals surface area contributed by atoms with E-state index in [2.05, 4.69) is 18.2 Å². The fraction of sp³-hybridized carbons (Fsp3) is 0.462. The van der Waals surface area contributed by atoms with E-state index in [-0.39, 0.29) is 11.8 Å². The highest BCUT2D eigenvalue weighted by Crippen LogP contribution is 2.55. The molecule has 1 aromatic carbocycles. The van der Waals surface area contributed by atoms with Gasteiger partial charge in [-0.2, -0.15) is 5.26 Å². The number of aliphatic hydroxyl groups is 1. The summed E-state index contributed by atoms with van der Waals surface area (Å²) in [5.74, 6) is 0.0731. The second kappa shape index (κ2) is 2.84. The van der Waals surface area contributed by atoms with E-state index in [4.69, 9.17) is 5.26 Å². The summed E-state index contributed by atoms with van der Waals surface area (Å²) in [7, 11) is 0. The predicted molar refractivity (Wildman–Crippen MR) is 56.2 cm³/mol. The first-order chi connectivity index (χ1) is 7.24. The molecule has 2 heteroatoms. The van der Waals surface area contributed by atoms with Crippen LogP contribution in [0.2, 0.25) is 0 Å². The molecule has 0 bridgehead atoms. The third-order valence-electron chi connectivity index (χ3n) is 3.94. The highest BCUT2D eigenvalue weighted by atomic mass is 16.3. The standard InChI is InChI=1S/C13H13NO/c14-8-10-7-13(15)6-5-9-3-1-2-4-11(9)12(10)13/h1-4,10,12,15H,5-7H2/t10-,12-,13+/m0/s1. The average Bonchev–Trinajstić information content (AvgIpc) is 2.23. The molecule has 2 aliphatic carbocycles. The summed E-state index contributed by atoms with van der Waals surface area (Å²) in [5.41, 5.74) is 1.92. The number of hydrogen-bond donors (Lipinski definition) is 1. The van der Waals surface area contributed by atoms with Crippen LogP contribution in [0.15, 0.2) is 24.3 Å². The van der Waals surface area contributed by atoms with Gasteiger partial charge in [0.15, 0.2) is 0 Å². The molecule has 3 rings (SSSR count). The Labute approximate surface area is 89.2 Å². The smallest absolute Gasteiger partial charge is 0.0744 e.